The summed E-state index contributed by atoms with van der Waals surface area (Å²) in [5.41, 5.74) is 0. The number of carbonyl (C=O) groups excluding carboxylic acids is 1. The molecular formula is C14H17N5O7S2. The Morgan fingerprint density at radius 1 is 1.21 bits per heavy atom. The molecule has 1 N–H and O–H groups in total. The molecule has 0 fully saturated rings. The van der Waals surface area contributed by atoms with Crippen LogP contribution in [0.5, 0.6) is 11.8 Å². The fourth-order valence-corrected chi connectivity index (χ4v) is 2.57. The van der Waals surface area contributed by atoms with Crippen molar-refractivity contribution >= 4 is 32.3 Å². The highest BCUT2D eigenvalue weighted by Crippen LogP contribution is 2.17. The van der Waals surface area contributed by atoms with Gasteiger partial charge >= 0.3 is 16.5 Å². The van der Waals surface area contributed by atoms with E-state index in [9.17, 15) is 21.6 Å². The second-order valence-electron chi connectivity index (χ2n) is 4.61. The molecule has 0 unspecified atom stereocenters. The lowest BCUT2D eigenvalue weighted by atomic mass is 10.5. The number of ether oxygens (including phenoxy) is 2. The van der Waals surface area contributed by atoms with Crippen molar-refractivity contribution in [2.24, 2.45) is 4.36 Å². The van der Waals surface area contributed by atoms with E-state index in [2.05, 4.69) is 19.3 Å². The molecule has 12 nitrogen and oxygen atoms in total. The maximum Gasteiger partial charge on any atom is 0.362 e. The summed E-state index contributed by atoms with van der Waals surface area (Å²) < 4.78 is 54.9. The van der Waals surface area contributed by atoms with Gasteiger partial charge in [0, 0.05) is 12.4 Å². The first kappa shape index (κ1) is 22.9. The zero-order chi connectivity index (χ0) is 21.2. The lowest BCUT2D eigenvalue weighted by Crippen LogP contribution is -2.10. The van der Waals surface area contributed by atoms with Crippen LogP contribution in [-0.4, -0.2) is 57.8 Å². The van der Waals surface area contributed by atoms with E-state index in [-0.39, 0.29) is 23.5 Å². The maximum absolute atomic E-state index is 11.2. The first-order valence-electron chi connectivity index (χ1n) is 7.43. The minimum absolute atomic E-state index is 0.124. The molecule has 0 aliphatic carbocycles. The number of carbonyl (C=O) groups is 1. The molecule has 0 saturated heterocycles. The molecule has 0 saturated carbocycles. The Morgan fingerprint density at radius 3 is 2.25 bits per heavy atom. The number of anilines is 1. The van der Waals surface area contributed by atoms with Crippen molar-refractivity contribution in [2.75, 3.05) is 25.3 Å². The molecule has 0 aliphatic rings. The van der Waals surface area contributed by atoms with Crippen LogP contribution in [0.3, 0.4) is 0 Å². The second-order valence-corrected chi connectivity index (χ2v) is 7.50. The van der Waals surface area contributed by atoms with E-state index >= 15 is 0 Å². The van der Waals surface area contributed by atoms with E-state index in [0.717, 1.165) is 0 Å². The monoisotopic (exact) mass is 431 g/mol. The number of amides is 2. The van der Waals surface area contributed by atoms with E-state index in [0.29, 0.717) is 4.90 Å². The summed E-state index contributed by atoms with van der Waals surface area (Å²) in [5, 5.41) is 2.04. The van der Waals surface area contributed by atoms with Gasteiger partial charge in [-0.1, -0.05) is 11.3 Å². The van der Waals surface area contributed by atoms with Gasteiger partial charge in [0.25, 0.3) is 0 Å². The Kier molecular flexibility index (Phi) is 8.90. The number of hydrogen-bond acceptors (Lipinski definition) is 10. The van der Waals surface area contributed by atoms with Crippen LogP contribution in [0, 0.1) is 0 Å². The SMILES string of the molecule is CCS(=O)(=O)c1cccnc1.COc1cc(OC)nc(NC(=O)N=S(=O)=O)n1. The van der Waals surface area contributed by atoms with Crippen molar-refractivity contribution in [3.63, 3.8) is 0 Å². The van der Waals surface area contributed by atoms with Gasteiger partial charge in [-0.2, -0.15) is 18.4 Å². The van der Waals surface area contributed by atoms with Gasteiger partial charge in [0.05, 0.1) is 30.9 Å². The molecule has 0 radical (unpaired) electrons. The number of rotatable bonds is 5. The van der Waals surface area contributed by atoms with E-state index in [4.69, 9.17) is 9.47 Å². The molecule has 2 heterocycles. The van der Waals surface area contributed by atoms with E-state index in [1.807, 2.05) is 5.32 Å². The smallest absolute Gasteiger partial charge is 0.362 e. The van der Waals surface area contributed by atoms with Gasteiger partial charge in [0.15, 0.2) is 9.84 Å². The average Bonchev–Trinajstić information content (AvgIpc) is 2.68. The third kappa shape index (κ3) is 7.63. The molecule has 0 atom stereocenters. The third-order valence-corrected chi connectivity index (χ3v) is 4.88. The molecular weight excluding hydrogens is 414 g/mol. The first-order valence-corrected chi connectivity index (χ1v) is 10.1. The predicted octanol–water partition coefficient (Wildman–Crippen LogP) is 0.964. The number of aromatic nitrogens is 3. The third-order valence-electron chi connectivity index (χ3n) is 2.85. The van der Waals surface area contributed by atoms with Gasteiger partial charge in [-0.25, -0.2) is 13.2 Å². The van der Waals surface area contributed by atoms with Gasteiger partial charge in [-0.05, 0) is 12.1 Å². The van der Waals surface area contributed by atoms with Crippen LogP contribution in [0.15, 0.2) is 39.9 Å². The molecule has 152 valence electrons. The summed E-state index contributed by atoms with van der Waals surface area (Å²) >= 11 is 0. The number of sulfone groups is 1. The molecule has 0 spiro atoms. The minimum Gasteiger partial charge on any atom is -0.481 e. The zero-order valence-corrected chi connectivity index (χ0v) is 16.7. The number of nitrogens with zero attached hydrogens (tertiary/aromatic N) is 4. The summed E-state index contributed by atoms with van der Waals surface area (Å²) in [6, 6.07) is 3.43. The standard InChI is InChI=1S/C7H8N4O5S.C7H9NO2S/c1-15-4-3-5(16-2)9-6(8-4)10-7(12)11-17(13)14;1-2-11(9,10)7-4-3-5-8-6-7/h3H,1-2H3,(H,8,9,10,12);3-6H,2H2,1H3. The van der Waals surface area contributed by atoms with E-state index in [1.54, 1.807) is 25.3 Å². The molecule has 0 aromatic carbocycles. The number of nitrogens with one attached hydrogen (secondary N) is 1. The van der Waals surface area contributed by atoms with Crippen LogP contribution in [0.4, 0.5) is 10.7 Å². The van der Waals surface area contributed by atoms with Gasteiger partial charge < -0.3 is 9.47 Å². The van der Waals surface area contributed by atoms with Crippen molar-refractivity contribution in [3.8, 4) is 11.8 Å². The van der Waals surface area contributed by atoms with Crippen molar-refractivity contribution in [2.45, 2.75) is 11.8 Å². The average molecular weight is 431 g/mol. The number of pyridine rings is 1. The minimum atomic E-state index is -3.06. The molecule has 2 amide bonds. The van der Waals surface area contributed by atoms with Crippen LogP contribution < -0.4 is 14.8 Å². The molecule has 2 rings (SSSR count). The lowest BCUT2D eigenvalue weighted by Gasteiger charge is -2.05. The molecule has 28 heavy (non-hydrogen) atoms. The van der Waals surface area contributed by atoms with Crippen molar-refractivity contribution in [1.29, 1.82) is 0 Å². The molecule has 0 bridgehead atoms. The zero-order valence-electron chi connectivity index (χ0n) is 15.1. The number of methoxy groups -OCH3 is 2. The Morgan fingerprint density at radius 2 is 1.82 bits per heavy atom. The van der Waals surface area contributed by atoms with Crippen LogP contribution in [0.25, 0.3) is 0 Å². The molecule has 14 heteroatoms. The highest BCUT2D eigenvalue weighted by molar-refractivity contribution is 7.91. The maximum atomic E-state index is 11.2. The molecule has 0 aliphatic heterocycles. The van der Waals surface area contributed by atoms with Gasteiger partial charge in [-0.3, -0.25) is 10.3 Å². The van der Waals surface area contributed by atoms with Gasteiger partial charge in [0.2, 0.25) is 17.7 Å². The Hall–Kier alpha value is -3.13. The number of hydrogen-bond donors (Lipinski definition) is 1. The highest BCUT2D eigenvalue weighted by atomic mass is 32.2. The van der Waals surface area contributed by atoms with Crippen molar-refractivity contribution < 1.29 is 31.1 Å². The fraction of sp³-hybridized carbons (Fsp3) is 0.286. The van der Waals surface area contributed by atoms with Crippen LogP contribution in [0.1, 0.15) is 6.92 Å². The summed E-state index contributed by atoms with van der Waals surface area (Å²) in [7, 11) is -3.17. The summed E-state index contributed by atoms with van der Waals surface area (Å²) in [4.78, 5) is 22.5. The van der Waals surface area contributed by atoms with E-state index in [1.165, 1.54) is 26.5 Å². The normalized spacial score (nSPS) is 10.1. The summed E-state index contributed by atoms with van der Waals surface area (Å²) in [5.74, 6) is 0.241. The summed E-state index contributed by atoms with van der Waals surface area (Å²) in [6.07, 6.45) is 2.91. The number of urea groups is 1. The van der Waals surface area contributed by atoms with Gasteiger partial charge in [0.1, 0.15) is 0 Å². The van der Waals surface area contributed by atoms with E-state index < -0.39 is 26.4 Å². The molecule has 2 aromatic heterocycles. The largest absolute Gasteiger partial charge is 0.481 e. The highest BCUT2D eigenvalue weighted by Gasteiger charge is 2.10. The Balaban J connectivity index is 0.000000307. The Labute approximate surface area is 162 Å². The van der Waals surface area contributed by atoms with Crippen molar-refractivity contribution in [1.82, 2.24) is 15.0 Å². The Bertz CT molecular complexity index is 1010. The lowest BCUT2D eigenvalue weighted by molar-refractivity contribution is 0.259. The summed E-state index contributed by atoms with van der Waals surface area (Å²) in [6.45, 7) is 1.61. The second kappa shape index (κ2) is 10.9. The van der Waals surface area contributed by atoms with Gasteiger partial charge in [-0.15, -0.1) is 0 Å². The van der Waals surface area contributed by atoms with Crippen LogP contribution in [0.2, 0.25) is 0 Å². The quantitative estimate of drug-likeness (QED) is 0.720. The first-order chi connectivity index (χ1) is 13.2. The van der Waals surface area contributed by atoms with Crippen molar-refractivity contribution in [3.05, 3.63) is 30.6 Å². The fourth-order valence-electron chi connectivity index (χ4n) is 1.55. The topological polar surface area (TPSA) is 167 Å². The predicted molar refractivity (Wildman–Crippen MR) is 97.5 cm³/mol. The van der Waals surface area contributed by atoms with Crippen LogP contribution in [-0.2, 0) is 20.3 Å². The van der Waals surface area contributed by atoms with Crippen LogP contribution >= 0.6 is 0 Å². The molecule has 2 aromatic rings.